The molecule has 0 aliphatic heterocycles. The number of urea groups is 2. The first kappa shape index (κ1) is 15.5. The summed E-state index contributed by atoms with van der Waals surface area (Å²) >= 11 is 0. The standard InChI is InChI=1S/C14H18N6O2/c15-13(21)19-17-11-8-4-7-10(11)12(18-20-14(16)22)9-5-2-1-3-6-9/h1-3,5-6,10H,4,7-8H2,(H3,15,19,21)(H3,16,20,22)/b17-11-,18-12?. The summed E-state index contributed by atoms with van der Waals surface area (Å²) < 4.78 is 0. The highest BCUT2D eigenvalue weighted by molar-refractivity contribution is 6.16. The lowest BCUT2D eigenvalue weighted by Crippen LogP contribution is -2.31. The Kier molecular flexibility index (Phi) is 5.07. The number of nitrogens with two attached hydrogens (primary N) is 2. The van der Waals surface area contributed by atoms with E-state index >= 15 is 0 Å². The maximum Gasteiger partial charge on any atom is 0.332 e. The predicted molar refractivity (Wildman–Crippen MR) is 83.2 cm³/mol. The molecule has 1 fully saturated rings. The molecule has 0 bridgehead atoms. The van der Waals surface area contributed by atoms with E-state index in [4.69, 9.17) is 11.5 Å². The molecule has 8 nitrogen and oxygen atoms in total. The summed E-state index contributed by atoms with van der Waals surface area (Å²) in [6, 6.07) is 7.97. The third kappa shape index (κ3) is 4.05. The lowest BCUT2D eigenvalue weighted by Gasteiger charge is -2.15. The van der Waals surface area contributed by atoms with Crippen molar-refractivity contribution in [3.63, 3.8) is 0 Å². The number of benzene rings is 1. The minimum Gasteiger partial charge on any atom is -0.350 e. The van der Waals surface area contributed by atoms with Crippen molar-refractivity contribution in [2.75, 3.05) is 0 Å². The van der Waals surface area contributed by atoms with Gasteiger partial charge in [-0.1, -0.05) is 30.3 Å². The van der Waals surface area contributed by atoms with Crippen molar-refractivity contribution in [3.8, 4) is 0 Å². The van der Waals surface area contributed by atoms with E-state index in [9.17, 15) is 9.59 Å². The second kappa shape index (κ2) is 7.21. The lowest BCUT2D eigenvalue weighted by molar-refractivity contribution is 0.248. The van der Waals surface area contributed by atoms with Gasteiger partial charge < -0.3 is 11.5 Å². The summed E-state index contributed by atoms with van der Waals surface area (Å²) in [6.45, 7) is 0. The number of primary amides is 2. The molecule has 0 radical (unpaired) electrons. The van der Waals surface area contributed by atoms with Gasteiger partial charge in [0.1, 0.15) is 0 Å². The summed E-state index contributed by atoms with van der Waals surface area (Å²) in [6.07, 6.45) is 2.45. The second-order valence-corrected chi connectivity index (χ2v) is 4.86. The Labute approximate surface area is 127 Å². The Balaban J connectivity index is 2.32. The van der Waals surface area contributed by atoms with Gasteiger partial charge in [0.25, 0.3) is 0 Å². The smallest absolute Gasteiger partial charge is 0.332 e. The van der Waals surface area contributed by atoms with Crippen molar-refractivity contribution >= 4 is 23.5 Å². The summed E-state index contributed by atoms with van der Waals surface area (Å²) in [4.78, 5) is 21.8. The van der Waals surface area contributed by atoms with E-state index in [2.05, 4.69) is 21.1 Å². The average Bonchev–Trinajstić information content (AvgIpc) is 2.94. The number of rotatable bonds is 4. The van der Waals surface area contributed by atoms with Crippen molar-refractivity contribution in [2.24, 2.45) is 27.6 Å². The average molecular weight is 302 g/mol. The first-order chi connectivity index (χ1) is 10.6. The molecule has 0 spiro atoms. The van der Waals surface area contributed by atoms with Crippen LogP contribution in [0, 0.1) is 5.92 Å². The minimum atomic E-state index is -0.736. The third-order valence-electron chi connectivity index (χ3n) is 3.32. The topological polar surface area (TPSA) is 135 Å². The maximum absolute atomic E-state index is 10.9. The van der Waals surface area contributed by atoms with E-state index in [0.29, 0.717) is 5.71 Å². The van der Waals surface area contributed by atoms with Crippen molar-refractivity contribution in [1.29, 1.82) is 0 Å². The van der Waals surface area contributed by atoms with E-state index in [1.165, 1.54) is 0 Å². The minimum absolute atomic E-state index is 0.110. The van der Waals surface area contributed by atoms with Crippen molar-refractivity contribution < 1.29 is 9.59 Å². The van der Waals surface area contributed by atoms with Crippen LogP contribution in [0.4, 0.5) is 9.59 Å². The quantitative estimate of drug-likeness (QED) is 0.485. The van der Waals surface area contributed by atoms with Crippen LogP contribution in [0.25, 0.3) is 0 Å². The van der Waals surface area contributed by atoms with Gasteiger partial charge in [0.05, 0.1) is 5.71 Å². The molecule has 6 N–H and O–H groups in total. The number of hydrogen-bond acceptors (Lipinski definition) is 4. The number of hydrogen-bond donors (Lipinski definition) is 4. The molecule has 1 aliphatic carbocycles. The highest BCUT2D eigenvalue weighted by Gasteiger charge is 2.29. The van der Waals surface area contributed by atoms with Gasteiger partial charge in [0, 0.05) is 11.6 Å². The van der Waals surface area contributed by atoms with Crippen LogP contribution < -0.4 is 22.3 Å². The molecule has 1 aromatic carbocycles. The zero-order valence-corrected chi connectivity index (χ0v) is 12.0. The van der Waals surface area contributed by atoms with E-state index < -0.39 is 12.1 Å². The predicted octanol–water partition coefficient (Wildman–Crippen LogP) is 0.883. The van der Waals surface area contributed by atoms with Crippen LogP contribution in [-0.4, -0.2) is 23.5 Å². The van der Waals surface area contributed by atoms with Crippen LogP contribution in [0.5, 0.6) is 0 Å². The molecular weight excluding hydrogens is 284 g/mol. The fraction of sp³-hybridized carbons (Fsp3) is 0.286. The number of nitrogens with zero attached hydrogens (tertiary/aromatic N) is 2. The number of carbonyl (C=O) groups excluding carboxylic acids is 2. The molecule has 0 saturated heterocycles. The van der Waals surface area contributed by atoms with Crippen LogP contribution in [0.1, 0.15) is 24.8 Å². The van der Waals surface area contributed by atoms with Gasteiger partial charge in [0.2, 0.25) is 0 Å². The summed E-state index contributed by atoms with van der Waals surface area (Å²) in [7, 11) is 0. The molecule has 1 atom stereocenters. The normalized spacial score (nSPS) is 19.9. The van der Waals surface area contributed by atoms with Gasteiger partial charge in [-0.15, -0.1) is 0 Å². The highest BCUT2D eigenvalue weighted by atomic mass is 16.2. The highest BCUT2D eigenvalue weighted by Crippen LogP contribution is 2.26. The lowest BCUT2D eigenvalue weighted by atomic mass is 9.94. The Morgan fingerprint density at radius 3 is 2.41 bits per heavy atom. The Bertz CT molecular complexity index is 611. The van der Waals surface area contributed by atoms with E-state index in [1.54, 1.807) is 0 Å². The fourth-order valence-electron chi connectivity index (χ4n) is 2.45. The van der Waals surface area contributed by atoms with Crippen molar-refractivity contribution in [3.05, 3.63) is 35.9 Å². The van der Waals surface area contributed by atoms with E-state index in [-0.39, 0.29) is 5.92 Å². The Morgan fingerprint density at radius 1 is 1.09 bits per heavy atom. The SMILES string of the molecule is NC(=O)NN=C(c1ccccc1)C1CCC/C1=N/NC(N)=O. The van der Waals surface area contributed by atoms with Gasteiger partial charge in [-0.05, 0) is 24.8 Å². The van der Waals surface area contributed by atoms with Crippen LogP contribution in [0.2, 0.25) is 0 Å². The third-order valence-corrected chi connectivity index (χ3v) is 3.32. The number of carbonyl (C=O) groups is 2. The number of hydrazone groups is 2. The molecule has 1 aliphatic rings. The van der Waals surface area contributed by atoms with E-state index in [1.807, 2.05) is 30.3 Å². The molecule has 1 unspecified atom stereocenters. The zero-order chi connectivity index (χ0) is 15.9. The van der Waals surface area contributed by atoms with Gasteiger partial charge in [0.15, 0.2) is 0 Å². The van der Waals surface area contributed by atoms with Gasteiger partial charge >= 0.3 is 12.1 Å². The largest absolute Gasteiger partial charge is 0.350 e. The van der Waals surface area contributed by atoms with Gasteiger partial charge in [-0.3, -0.25) is 0 Å². The number of amides is 4. The molecule has 22 heavy (non-hydrogen) atoms. The Hall–Kier alpha value is -2.90. The van der Waals surface area contributed by atoms with E-state index in [0.717, 1.165) is 30.5 Å². The van der Waals surface area contributed by atoms with Crippen LogP contribution in [0.15, 0.2) is 40.5 Å². The summed E-state index contributed by atoms with van der Waals surface area (Å²) in [5, 5.41) is 8.17. The molecule has 1 saturated carbocycles. The van der Waals surface area contributed by atoms with Crippen molar-refractivity contribution in [1.82, 2.24) is 10.9 Å². The van der Waals surface area contributed by atoms with Gasteiger partial charge in [-0.2, -0.15) is 10.2 Å². The molecule has 2 rings (SSSR count). The molecule has 4 amide bonds. The Morgan fingerprint density at radius 2 is 1.77 bits per heavy atom. The molecular formula is C14H18N6O2. The molecule has 1 aromatic rings. The fourth-order valence-corrected chi connectivity index (χ4v) is 2.45. The first-order valence-electron chi connectivity index (χ1n) is 6.88. The molecule has 0 heterocycles. The maximum atomic E-state index is 10.9. The monoisotopic (exact) mass is 302 g/mol. The summed E-state index contributed by atoms with van der Waals surface area (Å²) in [5.41, 5.74) is 16.9. The van der Waals surface area contributed by atoms with Crippen LogP contribution >= 0.6 is 0 Å². The molecule has 116 valence electrons. The second-order valence-electron chi connectivity index (χ2n) is 4.86. The van der Waals surface area contributed by atoms with Crippen LogP contribution in [-0.2, 0) is 0 Å². The zero-order valence-electron chi connectivity index (χ0n) is 12.0. The molecule has 0 aromatic heterocycles. The first-order valence-corrected chi connectivity index (χ1v) is 6.88. The van der Waals surface area contributed by atoms with Crippen molar-refractivity contribution in [2.45, 2.75) is 19.3 Å². The van der Waals surface area contributed by atoms with Gasteiger partial charge in [-0.25, -0.2) is 20.4 Å². The molecule has 8 heteroatoms. The number of nitrogens with one attached hydrogen (secondary N) is 2. The van der Waals surface area contributed by atoms with Crippen LogP contribution in [0.3, 0.4) is 0 Å². The summed E-state index contributed by atoms with van der Waals surface area (Å²) in [5.74, 6) is -0.110.